The predicted molar refractivity (Wildman–Crippen MR) is 127 cm³/mol. The Morgan fingerprint density at radius 3 is 1.97 bits per heavy atom. The van der Waals surface area contributed by atoms with Crippen molar-refractivity contribution < 1.29 is 67.0 Å². The minimum absolute atomic E-state index is 0.196. The van der Waals surface area contributed by atoms with Crippen LogP contribution in [0.2, 0.25) is 0 Å². The molecule has 0 aromatic rings. The number of ether oxygens (including phenoxy) is 8. The van der Waals surface area contributed by atoms with Crippen LogP contribution in [0, 0.1) is 11.8 Å². The third-order valence-corrected chi connectivity index (χ3v) is 6.14. The van der Waals surface area contributed by atoms with Crippen molar-refractivity contribution in [2.75, 3.05) is 20.3 Å². The van der Waals surface area contributed by atoms with Crippen molar-refractivity contribution in [1.82, 2.24) is 0 Å². The Hall–Kier alpha value is -3.23. The predicted octanol–water partition coefficient (Wildman–Crippen LogP) is 0.524. The Bertz CT molecular complexity index is 930. The van der Waals surface area contributed by atoms with E-state index in [2.05, 4.69) is 0 Å². The first-order chi connectivity index (χ1) is 18.4. The summed E-state index contributed by atoms with van der Waals surface area (Å²) in [6.45, 7) is 5.67. The first kappa shape index (κ1) is 32.0. The lowest BCUT2D eigenvalue weighted by Crippen LogP contribution is -2.63. The van der Waals surface area contributed by atoms with Gasteiger partial charge in [-0.25, -0.2) is 4.79 Å². The van der Waals surface area contributed by atoms with Gasteiger partial charge in [-0.1, -0.05) is 6.92 Å². The van der Waals surface area contributed by atoms with E-state index >= 15 is 0 Å². The van der Waals surface area contributed by atoms with Gasteiger partial charge in [0, 0.05) is 46.1 Å². The second-order valence-corrected chi connectivity index (χ2v) is 8.96. The van der Waals surface area contributed by atoms with Crippen LogP contribution < -0.4 is 0 Å². The molecule has 2 aliphatic heterocycles. The molecule has 0 bridgehead atoms. The van der Waals surface area contributed by atoms with Gasteiger partial charge in [0.05, 0.1) is 18.9 Å². The molecule has 14 heteroatoms. The first-order valence-corrected chi connectivity index (χ1v) is 12.4. The first-order valence-electron chi connectivity index (χ1n) is 12.4. The highest BCUT2D eigenvalue weighted by Crippen LogP contribution is 2.39. The molecule has 1 saturated heterocycles. The van der Waals surface area contributed by atoms with E-state index in [0.717, 1.165) is 27.7 Å². The number of carbonyl (C=O) groups is 5. The van der Waals surface area contributed by atoms with Crippen molar-refractivity contribution in [1.29, 1.82) is 0 Å². The van der Waals surface area contributed by atoms with Crippen LogP contribution in [0.4, 0.5) is 0 Å². The Labute approximate surface area is 225 Å². The monoisotopic (exact) mass is 560 g/mol. The molecule has 2 rings (SSSR count). The molecule has 0 radical (unpaired) electrons. The number of aliphatic hydroxyl groups excluding tert-OH is 1. The van der Waals surface area contributed by atoms with Crippen LogP contribution in [0.3, 0.4) is 0 Å². The second kappa shape index (κ2) is 14.8. The van der Waals surface area contributed by atoms with E-state index in [9.17, 15) is 29.1 Å². The third kappa shape index (κ3) is 8.63. The zero-order chi connectivity index (χ0) is 29.3. The van der Waals surface area contributed by atoms with Crippen molar-refractivity contribution in [2.45, 2.75) is 84.5 Å². The summed E-state index contributed by atoms with van der Waals surface area (Å²) in [5.74, 6) is -4.62. The molecule has 0 amide bonds. The van der Waals surface area contributed by atoms with Gasteiger partial charge in [0.25, 0.3) is 0 Å². The van der Waals surface area contributed by atoms with Gasteiger partial charge in [0.1, 0.15) is 12.7 Å². The summed E-state index contributed by atoms with van der Waals surface area (Å²) in [4.78, 5) is 59.8. The summed E-state index contributed by atoms with van der Waals surface area (Å²) in [5.41, 5.74) is 0.208. The van der Waals surface area contributed by atoms with Crippen LogP contribution in [0.1, 0.15) is 47.5 Å². The molecule has 8 atom stereocenters. The molecular weight excluding hydrogens is 524 g/mol. The van der Waals surface area contributed by atoms with E-state index < -0.39 is 85.3 Å². The molecule has 1 N–H and O–H groups in total. The second-order valence-electron chi connectivity index (χ2n) is 8.96. The number of esters is 5. The van der Waals surface area contributed by atoms with E-state index in [1.807, 2.05) is 6.92 Å². The fourth-order valence-corrected chi connectivity index (χ4v) is 4.62. The van der Waals surface area contributed by atoms with Crippen molar-refractivity contribution in [3.63, 3.8) is 0 Å². The summed E-state index contributed by atoms with van der Waals surface area (Å²) in [5, 5.41) is 9.64. The number of carbonyl (C=O) groups excluding carboxylic acids is 5. The third-order valence-electron chi connectivity index (χ3n) is 6.14. The lowest BCUT2D eigenvalue weighted by Gasteiger charge is -2.46. The lowest BCUT2D eigenvalue weighted by atomic mass is 9.80. The minimum Gasteiger partial charge on any atom is -0.472 e. The molecule has 2 heterocycles. The summed E-state index contributed by atoms with van der Waals surface area (Å²) >= 11 is 0. The van der Waals surface area contributed by atoms with Gasteiger partial charge in [0.15, 0.2) is 18.3 Å². The van der Waals surface area contributed by atoms with Crippen molar-refractivity contribution in [3.05, 3.63) is 11.8 Å². The van der Waals surface area contributed by atoms with Crippen LogP contribution in [0.15, 0.2) is 11.8 Å². The molecule has 0 saturated carbocycles. The van der Waals surface area contributed by atoms with Crippen molar-refractivity contribution in [3.8, 4) is 0 Å². The van der Waals surface area contributed by atoms with Crippen LogP contribution in [-0.2, 0) is 61.9 Å². The molecule has 0 spiro atoms. The zero-order valence-corrected chi connectivity index (χ0v) is 22.8. The topological polar surface area (TPSA) is 179 Å². The molecule has 14 nitrogen and oxygen atoms in total. The molecular formula is C25H36O14. The number of hydrogen-bond donors (Lipinski definition) is 1. The van der Waals surface area contributed by atoms with Crippen LogP contribution in [0.5, 0.6) is 0 Å². The number of methoxy groups -OCH3 is 1. The molecule has 0 aromatic heterocycles. The van der Waals surface area contributed by atoms with E-state index in [0.29, 0.717) is 6.42 Å². The number of hydrogen-bond acceptors (Lipinski definition) is 14. The Balaban J connectivity index is 2.50. The average Bonchev–Trinajstić information content (AvgIpc) is 2.85. The fraction of sp³-hybridized carbons (Fsp3) is 0.720. The maximum absolute atomic E-state index is 12.3. The SMILES string of the molecule is CC[C@H]1[C@H](O[C@@H]2O[C@H](COC(C)=O)[C@@H](OC(C)=O)[C@H](OC(C)=O)[C@H]2OC(C)=O)OC=C(C(=O)OC)[C@H]1CCO. The molecule has 39 heavy (non-hydrogen) atoms. The Kier molecular flexibility index (Phi) is 12.1. The zero-order valence-electron chi connectivity index (χ0n) is 22.8. The van der Waals surface area contributed by atoms with Crippen molar-refractivity contribution >= 4 is 29.8 Å². The van der Waals surface area contributed by atoms with Gasteiger partial charge in [-0.15, -0.1) is 0 Å². The fourth-order valence-electron chi connectivity index (χ4n) is 4.62. The maximum atomic E-state index is 12.3. The van der Waals surface area contributed by atoms with Crippen LogP contribution in [-0.4, -0.2) is 92.3 Å². The van der Waals surface area contributed by atoms with E-state index in [-0.39, 0.29) is 18.6 Å². The standard InChI is InChI=1S/C25H36O14/c1-7-16-17(8-9-26)18(23(31)32-6)10-34-24(16)39-25-22(37-15(5)30)21(36-14(4)29)20(35-13(3)28)19(38-25)11-33-12(2)27/h10,16-17,19-22,24-26H,7-9,11H2,1-6H3/t16-,17+,19-,20-,21+,22-,24+,25+/m1/s1. The van der Waals surface area contributed by atoms with Gasteiger partial charge in [-0.2, -0.15) is 0 Å². The van der Waals surface area contributed by atoms with Gasteiger partial charge < -0.3 is 43.0 Å². The molecule has 0 unspecified atom stereocenters. The van der Waals surface area contributed by atoms with Gasteiger partial charge in [-0.3, -0.25) is 19.2 Å². The highest BCUT2D eigenvalue weighted by Gasteiger charge is 2.54. The van der Waals surface area contributed by atoms with E-state index in [1.54, 1.807) is 0 Å². The average molecular weight is 561 g/mol. The Morgan fingerprint density at radius 2 is 1.46 bits per heavy atom. The summed E-state index contributed by atoms with van der Waals surface area (Å²) < 4.78 is 43.9. The summed E-state index contributed by atoms with van der Waals surface area (Å²) in [6.07, 6.45) is -6.13. The van der Waals surface area contributed by atoms with Crippen molar-refractivity contribution in [2.24, 2.45) is 11.8 Å². The maximum Gasteiger partial charge on any atom is 0.337 e. The number of aliphatic hydroxyl groups is 1. The highest BCUT2D eigenvalue weighted by molar-refractivity contribution is 5.88. The molecule has 1 fully saturated rings. The van der Waals surface area contributed by atoms with Gasteiger partial charge in [-0.05, 0) is 12.8 Å². The molecule has 0 aliphatic carbocycles. The van der Waals surface area contributed by atoms with Crippen LogP contribution in [0.25, 0.3) is 0 Å². The quantitative estimate of drug-likeness (QED) is 0.273. The minimum atomic E-state index is -1.47. The van der Waals surface area contributed by atoms with E-state index in [4.69, 9.17) is 37.9 Å². The van der Waals surface area contributed by atoms with Gasteiger partial charge in [0.2, 0.25) is 12.6 Å². The van der Waals surface area contributed by atoms with Gasteiger partial charge >= 0.3 is 29.8 Å². The smallest absolute Gasteiger partial charge is 0.337 e. The Morgan fingerprint density at radius 1 is 0.872 bits per heavy atom. The molecule has 0 aromatic carbocycles. The lowest BCUT2D eigenvalue weighted by molar-refractivity contribution is -0.344. The molecule has 2 aliphatic rings. The normalized spacial score (nSPS) is 30.2. The highest BCUT2D eigenvalue weighted by atomic mass is 16.8. The summed E-state index contributed by atoms with van der Waals surface area (Å²) in [7, 11) is 1.22. The largest absolute Gasteiger partial charge is 0.472 e. The van der Waals surface area contributed by atoms with E-state index in [1.165, 1.54) is 13.4 Å². The molecule has 220 valence electrons. The number of rotatable bonds is 11. The summed E-state index contributed by atoms with van der Waals surface area (Å²) in [6, 6.07) is 0. The van der Waals surface area contributed by atoms with Crippen LogP contribution >= 0.6 is 0 Å².